The molecule has 0 atom stereocenters. The minimum absolute atomic E-state index is 0.166. The average Bonchev–Trinajstić information content (AvgIpc) is 3.21. The van der Waals surface area contributed by atoms with Crippen LogP contribution < -0.4 is 4.90 Å². The Morgan fingerprint density at radius 3 is 2.48 bits per heavy atom. The van der Waals surface area contributed by atoms with Gasteiger partial charge in [0.05, 0.1) is 16.7 Å². The van der Waals surface area contributed by atoms with Crippen molar-refractivity contribution in [2.75, 3.05) is 18.1 Å². The number of benzene rings is 1. The second kappa shape index (κ2) is 10.3. The fourth-order valence-corrected chi connectivity index (χ4v) is 3.55. The lowest BCUT2D eigenvalue weighted by atomic mass is 10.1. The lowest BCUT2D eigenvalue weighted by Gasteiger charge is -2.22. The lowest BCUT2D eigenvalue weighted by molar-refractivity contribution is -0.142. The maximum Gasteiger partial charge on any atom is 0.326 e. The van der Waals surface area contributed by atoms with Gasteiger partial charge in [-0.3, -0.25) is 19.5 Å². The number of rotatable bonds is 7. The highest BCUT2D eigenvalue weighted by Gasteiger charge is 2.26. The van der Waals surface area contributed by atoms with Crippen molar-refractivity contribution >= 4 is 64.0 Å². The van der Waals surface area contributed by atoms with Crippen molar-refractivity contribution in [2.24, 2.45) is 0 Å². The Bertz CT molecular complexity index is 1080. The topological polar surface area (TPSA) is 85.5 Å². The molecular formula is C20H15Cl4N3O4. The Balaban J connectivity index is 1.96. The number of carbonyl (C=O) groups is 2. The molecule has 2 aromatic heterocycles. The number of hydrogen-bond donors (Lipinski definition) is 0. The molecule has 1 amide bonds. The van der Waals surface area contributed by atoms with Gasteiger partial charge in [0.1, 0.15) is 17.9 Å². The maximum atomic E-state index is 12.5. The van der Waals surface area contributed by atoms with Crippen LogP contribution in [-0.4, -0.2) is 40.0 Å². The van der Waals surface area contributed by atoms with Gasteiger partial charge in [-0.25, -0.2) is 0 Å². The standard InChI is InChI=1S/C20H15Cl4N3O4/c1-2-30-17(28)10-27(20(29)19(23)24)11-6-7-25-14(8-11)16-9-15(26-31-16)18-12(21)4-3-5-13(18)22/h3-9,19H,2,10H2,1H3. The van der Waals surface area contributed by atoms with Crippen LogP contribution in [0.3, 0.4) is 0 Å². The third-order valence-corrected chi connectivity index (χ3v) is 5.09. The SMILES string of the molecule is CCOC(=O)CN(C(=O)C(Cl)Cl)c1ccnc(-c2cc(-c3c(Cl)cccc3Cl)no2)c1. The molecule has 0 fully saturated rings. The fourth-order valence-electron chi connectivity index (χ4n) is 2.73. The van der Waals surface area contributed by atoms with E-state index in [0.29, 0.717) is 38.4 Å². The van der Waals surface area contributed by atoms with Gasteiger partial charge in [-0.15, -0.1) is 0 Å². The third kappa shape index (κ3) is 5.49. The van der Waals surface area contributed by atoms with E-state index in [9.17, 15) is 9.59 Å². The molecule has 0 radical (unpaired) electrons. The largest absolute Gasteiger partial charge is 0.465 e. The zero-order valence-electron chi connectivity index (χ0n) is 16.0. The number of amides is 1. The summed E-state index contributed by atoms with van der Waals surface area (Å²) in [5, 5.41) is 4.84. The molecule has 3 aromatic rings. The van der Waals surface area contributed by atoms with Crippen molar-refractivity contribution in [3.05, 3.63) is 52.6 Å². The van der Waals surface area contributed by atoms with Gasteiger partial charge in [-0.1, -0.05) is 57.6 Å². The summed E-state index contributed by atoms with van der Waals surface area (Å²) in [6.45, 7) is 1.45. The number of alkyl halides is 2. The van der Waals surface area contributed by atoms with Crippen molar-refractivity contribution in [1.82, 2.24) is 10.1 Å². The summed E-state index contributed by atoms with van der Waals surface area (Å²) >= 11 is 23.9. The Hall–Kier alpha value is -2.32. The van der Waals surface area contributed by atoms with E-state index in [1.807, 2.05) is 0 Å². The number of halogens is 4. The Morgan fingerprint density at radius 2 is 1.84 bits per heavy atom. The molecule has 0 unspecified atom stereocenters. The normalized spacial score (nSPS) is 10.9. The van der Waals surface area contributed by atoms with E-state index in [4.69, 9.17) is 55.7 Å². The molecule has 2 heterocycles. The van der Waals surface area contributed by atoms with Crippen LogP contribution in [0.4, 0.5) is 5.69 Å². The minimum atomic E-state index is -1.37. The number of pyridine rings is 1. The lowest BCUT2D eigenvalue weighted by Crippen LogP contribution is -2.39. The summed E-state index contributed by atoms with van der Waals surface area (Å²) in [4.78, 5) is 28.4. The highest BCUT2D eigenvalue weighted by atomic mass is 35.5. The van der Waals surface area contributed by atoms with Crippen molar-refractivity contribution in [1.29, 1.82) is 0 Å². The molecule has 3 rings (SSSR count). The zero-order valence-corrected chi connectivity index (χ0v) is 19.0. The Labute approximate surface area is 197 Å². The van der Waals surface area contributed by atoms with Gasteiger partial charge in [-0.2, -0.15) is 0 Å². The molecule has 0 aliphatic rings. The summed E-state index contributed by atoms with van der Waals surface area (Å²) in [6, 6.07) is 9.76. The van der Waals surface area contributed by atoms with Crippen LogP contribution in [0.15, 0.2) is 47.1 Å². The summed E-state index contributed by atoms with van der Waals surface area (Å²) in [6.07, 6.45) is 1.44. The highest BCUT2D eigenvalue weighted by Crippen LogP contribution is 2.36. The van der Waals surface area contributed by atoms with Gasteiger partial charge in [0.15, 0.2) is 10.6 Å². The van der Waals surface area contributed by atoms with Gasteiger partial charge >= 0.3 is 5.97 Å². The molecule has 0 bridgehead atoms. The Morgan fingerprint density at radius 1 is 1.13 bits per heavy atom. The molecule has 0 saturated heterocycles. The zero-order chi connectivity index (χ0) is 22.5. The third-order valence-electron chi connectivity index (χ3n) is 4.08. The van der Waals surface area contributed by atoms with Crippen LogP contribution in [0.5, 0.6) is 0 Å². The minimum Gasteiger partial charge on any atom is -0.465 e. The van der Waals surface area contributed by atoms with E-state index in [1.54, 1.807) is 31.2 Å². The molecule has 1 aromatic carbocycles. The van der Waals surface area contributed by atoms with E-state index in [0.717, 1.165) is 4.90 Å². The van der Waals surface area contributed by atoms with Gasteiger partial charge in [0, 0.05) is 23.5 Å². The van der Waals surface area contributed by atoms with E-state index in [2.05, 4.69) is 10.1 Å². The number of aromatic nitrogens is 2. The summed E-state index contributed by atoms with van der Waals surface area (Å²) in [7, 11) is 0. The summed E-state index contributed by atoms with van der Waals surface area (Å²) < 4.78 is 10.3. The number of carbonyl (C=O) groups excluding carboxylic acids is 2. The average molecular weight is 503 g/mol. The smallest absolute Gasteiger partial charge is 0.326 e. The summed E-state index contributed by atoms with van der Waals surface area (Å²) in [5.41, 5.74) is 1.60. The van der Waals surface area contributed by atoms with Crippen LogP contribution in [-0.2, 0) is 14.3 Å². The van der Waals surface area contributed by atoms with Crippen molar-refractivity contribution in [3.8, 4) is 22.7 Å². The first-order chi connectivity index (χ1) is 14.8. The van der Waals surface area contributed by atoms with Gasteiger partial charge in [0.25, 0.3) is 5.91 Å². The highest BCUT2D eigenvalue weighted by molar-refractivity contribution is 6.54. The molecule has 0 N–H and O–H groups in total. The molecule has 7 nitrogen and oxygen atoms in total. The van der Waals surface area contributed by atoms with E-state index >= 15 is 0 Å². The van der Waals surface area contributed by atoms with Crippen LogP contribution in [0.1, 0.15) is 6.92 Å². The van der Waals surface area contributed by atoms with E-state index < -0.39 is 16.7 Å². The number of hydrogen-bond acceptors (Lipinski definition) is 6. The first kappa shape index (κ1) is 23.3. The van der Waals surface area contributed by atoms with Crippen molar-refractivity contribution < 1.29 is 18.8 Å². The molecule has 0 aliphatic carbocycles. The van der Waals surface area contributed by atoms with Crippen LogP contribution in [0, 0.1) is 0 Å². The van der Waals surface area contributed by atoms with Gasteiger partial charge < -0.3 is 9.26 Å². The summed E-state index contributed by atoms with van der Waals surface area (Å²) in [5.74, 6) is -1.00. The monoisotopic (exact) mass is 501 g/mol. The number of anilines is 1. The van der Waals surface area contributed by atoms with E-state index in [-0.39, 0.29) is 13.2 Å². The predicted octanol–water partition coefficient (Wildman–Crippen LogP) is 5.41. The fraction of sp³-hybridized carbons (Fsp3) is 0.200. The maximum absolute atomic E-state index is 12.5. The van der Waals surface area contributed by atoms with Crippen LogP contribution in [0.2, 0.25) is 10.0 Å². The van der Waals surface area contributed by atoms with Crippen LogP contribution in [0.25, 0.3) is 22.7 Å². The second-order valence-electron chi connectivity index (χ2n) is 6.10. The number of esters is 1. The molecular weight excluding hydrogens is 488 g/mol. The molecule has 0 spiro atoms. The van der Waals surface area contributed by atoms with E-state index in [1.165, 1.54) is 18.3 Å². The quantitative estimate of drug-likeness (QED) is 0.317. The van der Waals surface area contributed by atoms with Crippen molar-refractivity contribution in [2.45, 2.75) is 11.8 Å². The Kier molecular flexibility index (Phi) is 7.78. The van der Waals surface area contributed by atoms with Gasteiger partial charge in [-0.05, 0) is 31.2 Å². The van der Waals surface area contributed by atoms with Crippen LogP contribution >= 0.6 is 46.4 Å². The molecule has 0 aliphatic heterocycles. The first-order valence-corrected chi connectivity index (χ1v) is 10.6. The predicted molar refractivity (Wildman–Crippen MR) is 120 cm³/mol. The number of nitrogens with zero attached hydrogens (tertiary/aromatic N) is 3. The second-order valence-corrected chi connectivity index (χ2v) is 8.01. The molecule has 11 heteroatoms. The molecule has 31 heavy (non-hydrogen) atoms. The molecule has 0 saturated carbocycles. The number of ether oxygens (including phenoxy) is 1. The van der Waals surface area contributed by atoms with Gasteiger partial charge in [0.2, 0.25) is 0 Å². The van der Waals surface area contributed by atoms with Crippen molar-refractivity contribution in [3.63, 3.8) is 0 Å². The molecule has 162 valence electrons. The first-order valence-electron chi connectivity index (χ1n) is 8.94.